The molecule has 2 amide bonds. The van der Waals surface area contributed by atoms with Gasteiger partial charge < -0.3 is 10.1 Å². The number of fused-ring (bicyclic) bond motifs is 1. The predicted molar refractivity (Wildman–Crippen MR) is 121 cm³/mol. The van der Waals surface area contributed by atoms with Gasteiger partial charge in [0.05, 0.1) is 6.10 Å². The fourth-order valence-electron chi connectivity index (χ4n) is 3.83. The van der Waals surface area contributed by atoms with Gasteiger partial charge in [-0.25, -0.2) is 0 Å². The van der Waals surface area contributed by atoms with E-state index in [9.17, 15) is 9.59 Å². The lowest BCUT2D eigenvalue weighted by molar-refractivity contribution is -0.122. The van der Waals surface area contributed by atoms with E-state index in [4.69, 9.17) is 4.74 Å². The average molecular weight is 415 g/mol. The van der Waals surface area contributed by atoms with Crippen LogP contribution in [0.25, 0.3) is 0 Å². The second kappa shape index (κ2) is 9.04. The van der Waals surface area contributed by atoms with Gasteiger partial charge >= 0.3 is 0 Å². The van der Waals surface area contributed by atoms with E-state index in [-0.39, 0.29) is 17.9 Å². The molecule has 1 N–H and O–H groups in total. The molecule has 0 saturated carbocycles. The summed E-state index contributed by atoms with van der Waals surface area (Å²) >= 11 is 0. The van der Waals surface area contributed by atoms with Crippen molar-refractivity contribution in [3.8, 4) is 5.75 Å². The molecule has 5 heteroatoms. The van der Waals surface area contributed by atoms with Gasteiger partial charge in [0.2, 0.25) is 5.91 Å². The Morgan fingerprint density at radius 1 is 0.968 bits per heavy atom. The number of nitrogens with one attached hydrogen (secondary N) is 1. The predicted octanol–water partition coefficient (Wildman–Crippen LogP) is 4.36. The Kier molecular flexibility index (Phi) is 6.03. The highest BCUT2D eigenvalue weighted by Gasteiger charge is 2.38. The maximum atomic E-state index is 13.3. The molecule has 3 aromatic carbocycles. The van der Waals surface area contributed by atoms with Gasteiger partial charge in [-0.1, -0.05) is 48.5 Å². The van der Waals surface area contributed by atoms with Gasteiger partial charge in [-0.05, 0) is 55.3 Å². The summed E-state index contributed by atoms with van der Waals surface area (Å²) in [5.74, 6) is 0.472. The van der Waals surface area contributed by atoms with Gasteiger partial charge in [0, 0.05) is 24.2 Å². The Morgan fingerprint density at radius 3 is 2.35 bits per heavy atom. The van der Waals surface area contributed by atoms with Gasteiger partial charge in [-0.2, -0.15) is 0 Å². The number of anilines is 1. The van der Waals surface area contributed by atoms with E-state index in [0.717, 1.165) is 22.6 Å². The van der Waals surface area contributed by atoms with E-state index in [2.05, 4.69) is 5.32 Å². The molecule has 1 heterocycles. The summed E-state index contributed by atoms with van der Waals surface area (Å²) < 4.78 is 5.66. The lowest BCUT2D eigenvalue weighted by atomic mass is 10.1. The van der Waals surface area contributed by atoms with Crippen LogP contribution in [0.1, 0.15) is 35.3 Å². The molecule has 0 bridgehead atoms. The Hall–Kier alpha value is -3.60. The van der Waals surface area contributed by atoms with Crippen LogP contribution in [0.3, 0.4) is 0 Å². The molecule has 31 heavy (non-hydrogen) atoms. The van der Waals surface area contributed by atoms with Gasteiger partial charge in [0.15, 0.2) is 0 Å². The number of carbonyl (C=O) groups is 2. The fraction of sp³-hybridized carbons (Fsp3) is 0.231. The summed E-state index contributed by atoms with van der Waals surface area (Å²) in [6.45, 7) is 4.35. The summed E-state index contributed by atoms with van der Waals surface area (Å²) in [5.41, 5.74) is 3.34. The van der Waals surface area contributed by atoms with Crippen LogP contribution in [-0.2, 0) is 17.8 Å². The minimum Gasteiger partial charge on any atom is -0.491 e. The highest BCUT2D eigenvalue weighted by molar-refractivity contribution is 6.11. The summed E-state index contributed by atoms with van der Waals surface area (Å²) in [7, 11) is 0. The molecular formula is C26H26N2O3. The lowest BCUT2D eigenvalue weighted by Gasteiger charge is -2.25. The fourth-order valence-corrected chi connectivity index (χ4v) is 3.83. The highest BCUT2D eigenvalue weighted by Crippen LogP contribution is 2.33. The van der Waals surface area contributed by atoms with Crippen LogP contribution in [0.2, 0.25) is 0 Å². The molecule has 3 aromatic rings. The summed E-state index contributed by atoms with van der Waals surface area (Å²) in [6, 6.07) is 23.9. The standard InChI is InChI=1S/C26H26N2O3/c1-18(2)31-22-14-12-19(13-15-22)17-27-25(29)24-16-21-10-6-7-11-23(21)28(24)26(30)20-8-4-3-5-9-20/h3-15,18,24H,16-17H2,1-2H3,(H,27,29)/t24-/m1/s1. The van der Waals surface area contributed by atoms with Crippen molar-refractivity contribution in [3.05, 3.63) is 95.6 Å². The Bertz CT molecular complexity index is 1060. The molecule has 4 rings (SSSR count). The van der Waals surface area contributed by atoms with E-state index in [1.165, 1.54) is 0 Å². The molecule has 0 aliphatic carbocycles. The van der Waals surface area contributed by atoms with Crippen molar-refractivity contribution >= 4 is 17.5 Å². The zero-order valence-electron chi connectivity index (χ0n) is 17.7. The van der Waals surface area contributed by atoms with Gasteiger partial charge in [0.1, 0.15) is 11.8 Å². The average Bonchev–Trinajstić information content (AvgIpc) is 3.18. The van der Waals surface area contributed by atoms with Crippen LogP contribution in [0.4, 0.5) is 5.69 Å². The molecule has 0 radical (unpaired) electrons. The molecule has 1 aliphatic rings. The zero-order chi connectivity index (χ0) is 21.8. The van der Waals surface area contributed by atoms with Crippen molar-refractivity contribution in [3.63, 3.8) is 0 Å². The van der Waals surface area contributed by atoms with E-state index in [0.29, 0.717) is 18.5 Å². The monoisotopic (exact) mass is 414 g/mol. The Morgan fingerprint density at radius 2 is 1.65 bits per heavy atom. The first-order valence-electron chi connectivity index (χ1n) is 10.5. The van der Waals surface area contributed by atoms with Crippen molar-refractivity contribution in [1.29, 1.82) is 0 Å². The third kappa shape index (κ3) is 4.61. The molecule has 0 spiro atoms. The van der Waals surface area contributed by atoms with Crippen LogP contribution < -0.4 is 15.0 Å². The molecule has 0 aromatic heterocycles. The zero-order valence-corrected chi connectivity index (χ0v) is 17.7. The van der Waals surface area contributed by atoms with Crippen LogP contribution in [-0.4, -0.2) is 24.0 Å². The van der Waals surface area contributed by atoms with Crippen LogP contribution >= 0.6 is 0 Å². The van der Waals surface area contributed by atoms with E-state index < -0.39 is 6.04 Å². The van der Waals surface area contributed by atoms with Crippen molar-refractivity contribution < 1.29 is 14.3 Å². The molecule has 0 unspecified atom stereocenters. The minimum atomic E-state index is -0.575. The quantitative estimate of drug-likeness (QED) is 0.652. The lowest BCUT2D eigenvalue weighted by Crippen LogP contribution is -2.48. The van der Waals surface area contributed by atoms with Crippen LogP contribution in [0, 0.1) is 0 Å². The van der Waals surface area contributed by atoms with Gasteiger partial charge in [-0.15, -0.1) is 0 Å². The number of ether oxygens (including phenoxy) is 1. The van der Waals surface area contributed by atoms with Gasteiger partial charge in [-0.3, -0.25) is 14.5 Å². The number of hydrogen-bond donors (Lipinski definition) is 1. The number of benzene rings is 3. The number of amides is 2. The third-order valence-electron chi connectivity index (χ3n) is 5.28. The molecular weight excluding hydrogens is 388 g/mol. The molecule has 1 aliphatic heterocycles. The number of carbonyl (C=O) groups excluding carboxylic acids is 2. The molecule has 5 nitrogen and oxygen atoms in total. The normalized spacial score (nSPS) is 14.9. The van der Waals surface area contributed by atoms with Crippen molar-refractivity contribution in [2.75, 3.05) is 4.90 Å². The summed E-state index contributed by atoms with van der Waals surface area (Å²) in [4.78, 5) is 28.0. The Balaban J connectivity index is 1.49. The Labute approximate surface area is 182 Å². The second-order valence-corrected chi connectivity index (χ2v) is 7.92. The van der Waals surface area contributed by atoms with Crippen LogP contribution in [0.15, 0.2) is 78.9 Å². The topological polar surface area (TPSA) is 58.6 Å². The first kappa shape index (κ1) is 20.7. The number of para-hydroxylation sites is 1. The SMILES string of the molecule is CC(C)Oc1ccc(CNC(=O)[C@H]2Cc3ccccc3N2C(=O)c2ccccc2)cc1. The van der Waals surface area contributed by atoms with E-state index in [1.807, 2.05) is 80.6 Å². The van der Waals surface area contributed by atoms with Crippen molar-refractivity contribution in [2.45, 2.75) is 39.0 Å². The maximum absolute atomic E-state index is 13.3. The molecule has 0 saturated heterocycles. The number of hydrogen-bond acceptors (Lipinski definition) is 3. The summed E-state index contributed by atoms with van der Waals surface area (Å²) in [6.07, 6.45) is 0.615. The van der Waals surface area contributed by atoms with Crippen molar-refractivity contribution in [2.24, 2.45) is 0 Å². The number of nitrogens with zero attached hydrogens (tertiary/aromatic N) is 1. The smallest absolute Gasteiger partial charge is 0.259 e. The van der Waals surface area contributed by atoms with Crippen molar-refractivity contribution in [1.82, 2.24) is 5.32 Å². The maximum Gasteiger partial charge on any atom is 0.259 e. The van der Waals surface area contributed by atoms with E-state index >= 15 is 0 Å². The largest absolute Gasteiger partial charge is 0.491 e. The first-order valence-corrected chi connectivity index (χ1v) is 10.5. The molecule has 0 fully saturated rings. The minimum absolute atomic E-state index is 0.114. The first-order chi connectivity index (χ1) is 15.0. The van der Waals surface area contributed by atoms with Crippen LogP contribution in [0.5, 0.6) is 5.75 Å². The molecule has 158 valence electrons. The second-order valence-electron chi connectivity index (χ2n) is 7.92. The molecule has 1 atom stereocenters. The highest BCUT2D eigenvalue weighted by atomic mass is 16.5. The number of rotatable bonds is 6. The third-order valence-corrected chi connectivity index (χ3v) is 5.28. The van der Waals surface area contributed by atoms with E-state index in [1.54, 1.807) is 17.0 Å². The summed E-state index contributed by atoms with van der Waals surface area (Å²) in [5, 5.41) is 3.00. The van der Waals surface area contributed by atoms with Gasteiger partial charge in [0.25, 0.3) is 5.91 Å².